The Bertz CT molecular complexity index is 999. The number of thiocarbonyl (C=S) groups is 1. The van der Waals surface area contributed by atoms with E-state index in [0.717, 1.165) is 27.1 Å². The van der Waals surface area contributed by atoms with Crippen molar-refractivity contribution in [3.63, 3.8) is 0 Å². The van der Waals surface area contributed by atoms with E-state index in [1.807, 2.05) is 31.3 Å². The molecule has 28 heavy (non-hydrogen) atoms. The highest BCUT2D eigenvalue weighted by molar-refractivity contribution is 7.80. The van der Waals surface area contributed by atoms with Crippen LogP contribution in [-0.2, 0) is 0 Å². The maximum atomic E-state index is 6.24. The van der Waals surface area contributed by atoms with Crippen LogP contribution in [0.3, 0.4) is 0 Å². The molecule has 1 saturated heterocycles. The first-order valence-corrected chi connectivity index (χ1v) is 10.2. The van der Waals surface area contributed by atoms with E-state index < -0.39 is 0 Å². The van der Waals surface area contributed by atoms with Gasteiger partial charge in [0.15, 0.2) is 5.11 Å². The fraction of sp³-hybridized carbons (Fsp3) is 0.273. The fourth-order valence-electron chi connectivity index (χ4n) is 3.89. The van der Waals surface area contributed by atoms with E-state index in [2.05, 4.69) is 70.1 Å². The normalized spacial score (nSPS) is 19.3. The molecule has 2 aromatic heterocycles. The molecule has 2 atom stereocenters. The van der Waals surface area contributed by atoms with Crippen LogP contribution in [0.15, 0.2) is 60.9 Å². The summed E-state index contributed by atoms with van der Waals surface area (Å²) < 4.78 is 2.22. The van der Waals surface area contributed by atoms with Crippen molar-refractivity contribution >= 4 is 28.9 Å². The van der Waals surface area contributed by atoms with E-state index in [1.165, 1.54) is 5.69 Å². The molecule has 1 aliphatic rings. The standard InChI is InChI=1S/C22H23ClN4S/c1-14(2)27-21(20(25-22(27)28)18-7-4-5-11-24-18)19-8-6-12-26(19)16-9-10-17(23)15(3)13-16/h4-14,20-21H,1-3H3,(H,25,28). The minimum atomic E-state index is -0.0156. The molecule has 2 unspecified atom stereocenters. The lowest BCUT2D eigenvalue weighted by molar-refractivity contribution is 0.262. The summed E-state index contributed by atoms with van der Waals surface area (Å²) in [4.78, 5) is 6.87. The van der Waals surface area contributed by atoms with Crippen molar-refractivity contribution in [2.75, 3.05) is 0 Å². The lowest BCUT2D eigenvalue weighted by Crippen LogP contribution is -2.36. The van der Waals surface area contributed by atoms with E-state index in [0.29, 0.717) is 0 Å². The minimum absolute atomic E-state index is 0.0156. The van der Waals surface area contributed by atoms with Crippen LogP contribution in [0.25, 0.3) is 5.69 Å². The van der Waals surface area contributed by atoms with Crippen molar-refractivity contribution < 1.29 is 0 Å². The molecule has 0 saturated carbocycles. The number of rotatable bonds is 4. The van der Waals surface area contributed by atoms with Gasteiger partial charge in [-0.3, -0.25) is 4.98 Å². The molecule has 1 N–H and O–H groups in total. The first-order chi connectivity index (χ1) is 13.5. The third-order valence-electron chi connectivity index (χ3n) is 5.19. The highest BCUT2D eigenvalue weighted by atomic mass is 35.5. The van der Waals surface area contributed by atoms with Crippen molar-refractivity contribution in [1.29, 1.82) is 0 Å². The van der Waals surface area contributed by atoms with Gasteiger partial charge in [-0.15, -0.1) is 0 Å². The van der Waals surface area contributed by atoms with Crippen molar-refractivity contribution in [3.05, 3.63) is 82.9 Å². The third-order valence-corrected chi connectivity index (χ3v) is 5.95. The highest BCUT2D eigenvalue weighted by Gasteiger charge is 2.42. The van der Waals surface area contributed by atoms with Gasteiger partial charge >= 0.3 is 0 Å². The molecule has 1 fully saturated rings. The van der Waals surface area contributed by atoms with Crippen molar-refractivity contribution in [2.45, 2.75) is 38.9 Å². The second kappa shape index (κ2) is 7.57. The number of nitrogens with zero attached hydrogens (tertiary/aromatic N) is 3. The zero-order valence-electron chi connectivity index (χ0n) is 16.1. The smallest absolute Gasteiger partial charge is 0.170 e. The maximum absolute atomic E-state index is 6.24. The first-order valence-electron chi connectivity index (χ1n) is 9.41. The van der Waals surface area contributed by atoms with Crippen LogP contribution >= 0.6 is 23.8 Å². The Kier molecular flexibility index (Phi) is 5.13. The molecule has 0 spiro atoms. The van der Waals surface area contributed by atoms with Crippen molar-refractivity contribution in [3.8, 4) is 5.69 Å². The molecule has 0 bridgehead atoms. The van der Waals surface area contributed by atoms with Gasteiger partial charge in [-0.2, -0.15) is 0 Å². The van der Waals surface area contributed by atoms with Gasteiger partial charge in [-0.1, -0.05) is 17.7 Å². The quantitative estimate of drug-likeness (QED) is 0.598. The molecular formula is C22H23ClN4S. The van der Waals surface area contributed by atoms with Gasteiger partial charge in [0.2, 0.25) is 0 Å². The number of benzene rings is 1. The number of aryl methyl sites for hydroxylation is 1. The fourth-order valence-corrected chi connectivity index (χ4v) is 4.46. The Morgan fingerprint density at radius 2 is 1.96 bits per heavy atom. The Morgan fingerprint density at radius 1 is 1.14 bits per heavy atom. The average Bonchev–Trinajstić information content (AvgIpc) is 3.28. The van der Waals surface area contributed by atoms with Crippen LogP contribution in [0.4, 0.5) is 0 Å². The minimum Gasteiger partial charge on any atom is -0.352 e. The van der Waals surface area contributed by atoms with E-state index in [-0.39, 0.29) is 18.1 Å². The van der Waals surface area contributed by atoms with Crippen LogP contribution in [0.5, 0.6) is 0 Å². The molecule has 4 nitrogen and oxygen atoms in total. The zero-order chi connectivity index (χ0) is 19.8. The molecule has 3 aromatic rings. The molecule has 0 aliphatic carbocycles. The van der Waals surface area contributed by atoms with Gasteiger partial charge in [-0.25, -0.2) is 0 Å². The van der Waals surface area contributed by atoms with Crippen molar-refractivity contribution in [2.24, 2.45) is 0 Å². The largest absolute Gasteiger partial charge is 0.352 e. The number of hydrogen-bond acceptors (Lipinski definition) is 2. The third kappa shape index (κ3) is 3.29. The second-order valence-corrected chi connectivity index (χ2v) is 8.16. The molecule has 4 rings (SSSR count). The molecule has 1 aromatic carbocycles. The summed E-state index contributed by atoms with van der Waals surface area (Å²) in [5.74, 6) is 0. The summed E-state index contributed by atoms with van der Waals surface area (Å²) in [5, 5.41) is 5.03. The molecular weight excluding hydrogens is 388 g/mol. The zero-order valence-corrected chi connectivity index (χ0v) is 17.7. The van der Waals surface area contributed by atoms with Gasteiger partial charge in [0.05, 0.1) is 17.8 Å². The molecule has 0 amide bonds. The molecule has 0 radical (unpaired) electrons. The van der Waals surface area contributed by atoms with Crippen LogP contribution in [0.1, 0.15) is 42.9 Å². The molecule has 3 heterocycles. The summed E-state index contributed by atoms with van der Waals surface area (Å²) in [5.41, 5.74) is 4.29. The lowest BCUT2D eigenvalue weighted by atomic mass is 10.0. The van der Waals surface area contributed by atoms with E-state index >= 15 is 0 Å². The first kappa shape index (κ1) is 19.0. The van der Waals surface area contributed by atoms with Crippen LogP contribution in [-0.4, -0.2) is 25.6 Å². The Labute approximate surface area is 176 Å². The van der Waals surface area contributed by atoms with Gasteiger partial charge < -0.3 is 14.8 Å². The number of pyridine rings is 1. The summed E-state index contributed by atoms with van der Waals surface area (Å²) >= 11 is 11.9. The monoisotopic (exact) mass is 410 g/mol. The van der Waals surface area contributed by atoms with Gasteiger partial charge in [-0.05, 0) is 81.0 Å². The number of aromatic nitrogens is 2. The number of halogens is 1. The number of nitrogens with one attached hydrogen (secondary N) is 1. The predicted molar refractivity (Wildman–Crippen MR) is 118 cm³/mol. The van der Waals surface area contributed by atoms with Gasteiger partial charge in [0.25, 0.3) is 0 Å². The Balaban J connectivity index is 1.84. The van der Waals surface area contributed by atoms with Crippen LogP contribution < -0.4 is 5.32 Å². The van der Waals surface area contributed by atoms with Gasteiger partial charge in [0, 0.05) is 34.8 Å². The summed E-state index contributed by atoms with van der Waals surface area (Å²) in [6.45, 7) is 6.36. The Morgan fingerprint density at radius 3 is 2.64 bits per heavy atom. The Hall–Kier alpha value is -2.37. The summed E-state index contributed by atoms with van der Waals surface area (Å²) in [6, 6.07) is 16.6. The predicted octanol–water partition coefficient (Wildman–Crippen LogP) is 5.22. The summed E-state index contributed by atoms with van der Waals surface area (Å²) in [6.07, 6.45) is 3.92. The van der Waals surface area contributed by atoms with E-state index in [1.54, 1.807) is 0 Å². The molecule has 6 heteroatoms. The van der Waals surface area contributed by atoms with Crippen LogP contribution in [0.2, 0.25) is 5.02 Å². The van der Waals surface area contributed by atoms with E-state index in [9.17, 15) is 0 Å². The second-order valence-electron chi connectivity index (χ2n) is 7.36. The molecule has 144 valence electrons. The number of hydrogen-bond donors (Lipinski definition) is 1. The maximum Gasteiger partial charge on any atom is 0.170 e. The molecule has 1 aliphatic heterocycles. The van der Waals surface area contributed by atoms with Crippen LogP contribution in [0, 0.1) is 6.92 Å². The van der Waals surface area contributed by atoms with Crippen molar-refractivity contribution in [1.82, 2.24) is 19.8 Å². The van der Waals surface area contributed by atoms with Gasteiger partial charge in [0.1, 0.15) is 0 Å². The lowest BCUT2D eigenvalue weighted by Gasteiger charge is -2.31. The topological polar surface area (TPSA) is 33.1 Å². The van der Waals surface area contributed by atoms with E-state index in [4.69, 9.17) is 23.8 Å². The SMILES string of the molecule is Cc1cc(-n2cccc2C2C(c3ccccn3)NC(=S)N2C(C)C)ccc1Cl. The summed E-state index contributed by atoms with van der Waals surface area (Å²) in [7, 11) is 0. The average molecular weight is 411 g/mol. The highest BCUT2D eigenvalue weighted by Crippen LogP contribution is 2.40.